The van der Waals surface area contributed by atoms with Crippen LogP contribution in [0.2, 0.25) is 0 Å². The highest BCUT2D eigenvalue weighted by molar-refractivity contribution is 8.00. The Bertz CT molecular complexity index is 771. The predicted octanol–water partition coefficient (Wildman–Crippen LogP) is 1.50. The Labute approximate surface area is 192 Å². The van der Waals surface area contributed by atoms with Crippen LogP contribution < -0.4 is 21.9 Å². The van der Waals surface area contributed by atoms with Crippen LogP contribution in [0.3, 0.4) is 0 Å². The molecule has 0 fully saturated rings. The second-order valence-electron chi connectivity index (χ2n) is 7.39. The van der Waals surface area contributed by atoms with Gasteiger partial charge in [0.05, 0.1) is 23.9 Å². The summed E-state index contributed by atoms with van der Waals surface area (Å²) in [6.07, 6.45) is 3.75. The minimum Gasteiger partial charge on any atom is -0.481 e. The number of carbonyl (C=O) groups excluding carboxylic acids is 3. The molecule has 178 valence electrons. The van der Waals surface area contributed by atoms with Crippen molar-refractivity contribution < 1.29 is 29.0 Å². The van der Waals surface area contributed by atoms with Crippen molar-refractivity contribution in [3.8, 4) is 5.75 Å². The van der Waals surface area contributed by atoms with E-state index in [0.717, 1.165) is 25.7 Å². The van der Waals surface area contributed by atoms with Crippen molar-refractivity contribution in [1.29, 1.82) is 0 Å². The van der Waals surface area contributed by atoms with Crippen LogP contribution in [0.15, 0.2) is 24.3 Å². The second-order valence-corrected chi connectivity index (χ2v) is 8.64. The van der Waals surface area contributed by atoms with E-state index in [4.69, 9.17) is 27.0 Å². The van der Waals surface area contributed by atoms with Crippen LogP contribution in [0.4, 0.5) is 0 Å². The van der Waals surface area contributed by atoms with E-state index in [0.29, 0.717) is 5.75 Å². The summed E-state index contributed by atoms with van der Waals surface area (Å²) in [5.74, 6) is -1.67. The Kier molecular flexibility index (Phi) is 12.8. The molecule has 3 atom stereocenters. The lowest BCUT2D eigenvalue weighted by atomic mass is 9.95. The number of hydrogen-bond donors (Lipinski definition) is 4. The molecule has 1 unspecified atom stereocenters. The molecule has 9 nitrogen and oxygen atoms in total. The number of unbranched alkanes of at least 4 members (excludes halogenated alkanes) is 3. The summed E-state index contributed by atoms with van der Waals surface area (Å²) in [6, 6.07) is 3.64. The summed E-state index contributed by atoms with van der Waals surface area (Å²) in [5.41, 5.74) is 17.6. The van der Waals surface area contributed by atoms with Crippen LogP contribution in [-0.4, -0.2) is 58.2 Å². The number of nitrogens with two attached hydrogens (primary N) is 3. The number of ether oxygens (including phenoxy) is 1. The number of carboxylic acids is 1. The van der Waals surface area contributed by atoms with E-state index in [-0.39, 0.29) is 30.7 Å². The van der Waals surface area contributed by atoms with Gasteiger partial charge in [0.15, 0.2) is 11.6 Å². The van der Waals surface area contributed by atoms with E-state index >= 15 is 0 Å². The number of hydrogen-bond acceptors (Lipinski definition) is 9. The monoisotopic (exact) mass is 467 g/mol. The first-order chi connectivity index (χ1) is 15.2. The molecule has 0 radical (unpaired) electrons. The maximum Gasteiger partial charge on any atom is 0.325 e. The standard InChI is InChI=1S/C22H33N3O6S/c1-2-3-4-5-12-32-22(21(30)16(24)10-11-17(26)27)19(25)20(29)14-6-8-15(9-7-14)31-18(28)13-23/h6-9,16,19,22H,2-5,10-13,23-25H2,1H3,(H,26,27)/t16-,19+,22?/m0/s1. The Morgan fingerprint density at radius 2 is 1.72 bits per heavy atom. The van der Waals surface area contributed by atoms with E-state index in [1.54, 1.807) is 0 Å². The fraction of sp³-hybridized carbons (Fsp3) is 0.545. The van der Waals surface area contributed by atoms with E-state index < -0.39 is 40.8 Å². The van der Waals surface area contributed by atoms with Gasteiger partial charge >= 0.3 is 11.9 Å². The molecular weight excluding hydrogens is 434 g/mol. The van der Waals surface area contributed by atoms with Gasteiger partial charge in [0.1, 0.15) is 5.75 Å². The largest absolute Gasteiger partial charge is 0.481 e. The number of thioether (sulfide) groups is 1. The molecule has 0 amide bonds. The molecule has 32 heavy (non-hydrogen) atoms. The minimum atomic E-state index is -1.15. The maximum absolute atomic E-state index is 13.0. The van der Waals surface area contributed by atoms with Gasteiger partial charge in [0.25, 0.3) is 0 Å². The van der Waals surface area contributed by atoms with Gasteiger partial charge in [-0.1, -0.05) is 26.2 Å². The quantitative estimate of drug-likeness (QED) is 0.121. The van der Waals surface area contributed by atoms with Crippen LogP contribution in [0.5, 0.6) is 5.75 Å². The fourth-order valence-corrected chi connectivity index (χ4v) is 4.22. The summed E-state index contributed by atoms with van der Waals surface area (Å²) in [5, 5.41) is 7.97. The number of esters is 1. The number of carboxylic acid groups (broad SMARTS) is 1. The topological polar surface area (TPSA) is 176 Å². The highest BCUT2D eigenvalue weighted by Crippen LogP contribution is 2.23. The Morgan fingerprint density at radius 1 is 1.06 bits per heavy atom. The van der Waals surface area contributed by atoms with Crippen molar-refractivity contribution in [2.24, 2.45) is 17.2 Å². The van der Waals surface area contributed by atoms with Crippen LogP contribution in [-0.2, 0) is 14.4 Å². The van der Waals surface area contributed by atoms with E-state index in [2.05, 4.69) is 6.92 Å². The zero-order valence-corrected chi connectivity index (χ0v) is 19.1. The maximum atomic E-state index is 13.0. The van der Waals surface area contributed by atoms with E-state index in [1.807, 2.05) is 0 Å². The predicted molar refractivity (Wildman–Crippen MR) is 124 cm³/mol. The Hall–Kier alpha value is -2.27. The molecule has 7 N–H and O–H groups in total. The summed E-state index contributed by atoms with van der Waals surface area (Å²) in [7, 11) is 0. The second kappa shape index (κ2) is 14.7. The number of ketones is 2. The van der Waals surface area contributed by atoms with Crippen molar-refractivity contribution in [3.63, 3.8) is 0 Å². The number of rotatable bonds is 16. The van der Waals surface area contributed by atoms with Crippen molar-refractivity contribution in [1.82, 2.24) is 0 Å². The molecule has 1 rings (SSSR count). The average Bonchev–Trinajstić information content (AvgIpc) is 2.78. The molecule has 0 heterocycles. The molecule has 0 saturated heterocycles. The summed E-state index contributed by atoms with van der Waals surface area (Å²) < 4.78 is 4.98. The van der Waals surface area contributed by atoms with Gasteiger partial charge in [-0.05, 0) is 42.9 Å². The van der Waals surface area contributed by atoms with E-state index in [1.165, 1.54) is 36.0 Å². The first-order valence-corrected chi connectivity index (χ1v) is 11.7. The molecule has 10 heteroatoms. The number of Topliss-reactive ketones (excluding diaryl/α,β-unsaturated/α-hetero) is 2. The smallest absolute Gasteiger partial charge is 0.325 e. The zero-order valence-electron chi connectivity index (χ0n) is 18.3. The molecule has 1 aromatic carbocycles. The zero-order chi connectivity index (χ0) is 24.1. The van der Waals surface area contributed by atoms with Crippen molar-refractivity contribution in [3.05, 3.63) is 29.8 Å². The molecule has 0 aliphatic rings. The summed E-state index contributed by atoms with van der Waals surface area (Å²) >= 11 is 1.28. The molecule has 0 aromatic heterocycles. The van der Waals surface area contributed by atoms with Gasteiger partial charge in [-0.25, -0.2) is 0 Å². The van der Waals surface area contributed by atoms with Crippen LogP contribution >= 0.6 is 11.8 Å². The summed E-state index contributed by atoms with van der Waals surface area (Å²) in [6.45, 7) is 1.82. The van der Waals surface area contributed by atoms with Gasteiger partial charge in [-0.3, -0.25) is 19.2 Å². The van der Waals surface area contributed by atoms with Crippen LogP contribution in [0, 0.1) is 0 Å². The van der Waals surface area contributed by atoms with Crippen LogP contribution in [0.25, 0.3) is 0 Å². The molecule has 0 aliphatic carbocycles. The van der Waals surface area contributed by atoms with Gasteiger partial charge in [0, 0.05) is 12.0 Å². The number of aliphatic carboxylic acids is 1. The molecule has 0 aliphatic heterocycles. The van der Waals surface area contributed by atoms with Crippen molar-refractivity contribution in [2.45, 2.75) is 62.8 Å². The number of carbonyl (C=O) groups is 4. The molecule has 1 aromatic rings. The van der Waals surface area contributed by atoms with Crippen molar-refractivity contribution >= 4 is 35.3 Å². The first-order valence-electron chi connectivity index (χ1n) is 10.6. The Morgan fingerprint density at radius 3 is 2.28 bits per heavy atom. The Balaban J connectivity index is 2.92. The molecule has 0 saturated carbocycles. The summed E-state index contributed by atoms with van der Waals surface area (Å²) in [4.78, 5) is 48.0. The number of benzene rings is 1. The third kappa shape index (κ3) is 9.47. The lowest BCUT2D eigenvalue weighted by molar-refractivity contribution is -0.137. The average molecular weight is 468 g/mol. The van der Waals surface area contributed by atoms with E-state index in [9.17, 15) is 19.2 Å². The van der Waals surface area contributed by atoms with Crippen LogP contribution in [0.1, 0.15) is 55.8 Å². The molecule has 0 bridgehead atoms. The highest BCUT2D eigenvalue weighted by Gasteiger charge is 2.34. The normalized spacial score (nSPS) is 13.8. The SMILES string of the molecule is CCCCCCSC(C(=O)[C@@H](N)CCC(=O)O)[C@H](N)C(=O)c1ccc(OC(=O)CN)cc1. The van der Waals surface area contributed by atoms with Gasteiger partial charge in [-0.2, -0.15) is 0 Å². The first kappa shape index (κ1) is 27.8. The molecular formula is C22H33N3O6S. The van der Waals surface area contributed by atoms with Gasteiger partial charge in [-0.15, -0.1) is 11.8 Å². The lowest BCUT2D eigenvalue weighted by Crippen LogP contribution is -2.50. The highest BCUT2D eigenvalue weighted by atomic mass is 32.2. The lowest BCUT2D eigenvalue weighted by Gasteiger charge is -2.24. The van der Waals surface area contributed by atoms with Gasteiger partial charge < -0.3 is 27.0 Å². The molecule has 0 spiro atoms. The fourth-order valence-electron chi connectivity index (χ4n) is 2.92. The van der Waals surface area contributed by atoms with Crippen molar-refractivity contribution in [2.75, 3.05) is 12.3 Å². The van der Waals surface area contributed by atoms with Gasteiger partial charge in [0.2, 0.25) is 0 Å². The third-order valence-electron chi connectivity index (χ3n) is 4.78. The minimum absolute atomic E-state index is 0.0246. The third-order valence-corrected chi connectivity index (χ3v) is 6.19.